The monoisotopic (exact) mass is 760 g/mol. The first-order valence-corrected chi connectivity index (χ1v) is 16.2. The van der Waals surface area contributed by atoms with Crippen LogP contribution in [-0.2, 0) is 47.6 Å². The molecule has 0 bridgehead atoms. The molecule has 258 valence electrons. The molecule has 0 rings (SSSR count). The first-order chi connectivity index (χ1) is 20.1. The van der Waals surface area contributed by atoms with Crippen LogP contribution in [0.5, 0.6) is 0 Å². The number of carbonyl (C=O) groups excluding carboxylic acids is 4. The highest BCUT2D eigenvalue weighted by atomic mass is 79.9. The molecule has 0 saturated carbocycles. The van der Waals surface area contributed by atoms with Crippen molar-refractivity contribution in [1.82, 2.24) is 9.80 Å². The normalized spacial score (nSPS) is 15.0. The van der Waals surface area contributed by atoms with Gasteiger partial charge in [-0.15, -0.1) is 0 Å². The molecule has 0 spiro atoms. The number of nitrogens with zero attached hydrogens (tertiary/aromatic N) is 2. The van der Waals surface area contributed by atoms with Crippen LogP contribution in [0.3, 0.4) is 0 Å². The number of carbonyl (C=O) groups is 4. The van der Waals surface area contributed by atoms with Crippen molar-refractivity contribution in [3.05, 3.63) is 0 Å². The van der Waals surface area contributed by atoms with Gasteiger partial charge in [0.25, 0.3) is 0 Å². The Balaban J connectivity index is 4.22. The maximum Gasteiger partial charge on any atom is 0.322 e. The Morgan fingerprint density at radius 1 is 0.477 bits per heavy atom. The van der Waals surface area contributed by atoms with E-state index >= 15 is 0 Å². The highest BCUT2D eigenvalue weighted by Crippen LogP contribution is 2.37. The summed E-state index contributed by atoms with van der Waals surface area (Å²) in [5.41, 5.74) is -1.87. The smallest absolute Gasteiger partial charge is 0.322 e. The molecule has 0 fully saturated rings. The third kappa shape index (κ3) is 18.0. The Bertz CT molecular complexity index is 836. The number of hydrogen-bond acceptors (Lipinski definition) is 12. The van der Waals surface area contributed by atoms with Crippen molar-refractivity contribution in [2.24, 2.45) is 10.8 Å². The third-order valence-corrected chi connectivity index (χ3v) is 7.55. The van der Waals surface area contributed by atoms with Crippen LogP contribution in [0.2, 0.25) is 0 Å². The van der Waals surface area contributed by atoms with Gasteiger partial charge in [-0.2, -0.15) is 0 Å². The largest absolute Gasteiger partial charge is 0.463 e. The molecular formula is C30H54Br2N2O10. The van der Waals surface area contributed by atoms with Crippen molar-refractivity contribution in [1.29, 1.82) is 0 Å². The van der Waals surface area contributed by atoms with Gasteiger partial charge < -0.3 is 38.2 Å². The van der Waals surface area contributed by atoms with Gasteiger partial charge in [-0.3, -0.25) is 19.2 Å². The summed E-state index contributed by atoms with van der Waals surface area (Å²) in [6.45, 7) is 12.9. The molecule has 0 N–H and O–H groups in total. The van der Waals surface area contributed by atoms with E-state index in [0.717, 1.165) is 0 Å². The molecule has 12 nitrogen and oxygen atoms in total. The molecule has 44 heavy (non-hydrogen) atoms. The van der Waals surface area contributed by atoms with Gasteiger partial charge in [0, 0.05) is 13.1 Å². The fourth-order valence-corrected chi connectivity index (χ4v) is 5.62. The zero-order chi connectivity index (χ0) is 34.2. The van der Waals surface area contributed by atoms with E-state index in [0.29, 0.717) is 13.1 Å². The highest BCUT2D eigenvalue weighted by Gasteiger charge is 2.43. The van der Waals surface area contributed by atoms with E-state index < -0.39 is 43.4 Å². The van der Waals surface area contributed by atoms with E-state index in [4.69, 9.17) is 28.4 Å². The van der Waals surface area contributed by atoms with E-state index in [9.17, 15) is 19.2 Å². The van der Waals surface area contributed by atoms with Crippen LogP contribution in [-0.4, -0.2) is 136 Å². The van der Waals surface area contributed by atoms with E-state index in [2.05, 4.69) is 31.9 Å². The molecule has 0 aliphatic rings. The molecule has 0 aromatic carbocycles. The third-order valence-electron chi connectivity index (χ3n) is 6.34. The molecule has 0 amide bonds. The van der Waals surface area contributed by atoms with Crippen molar-refractivity contribution in [3.63, 3.8) is 0 Å². The Kier molecular flexibility index (Phi) is 19.4. The Morgan fingerprint density at radius 3 is 1.05 bits per heavy atom. The number of halogens is 2. The molecule has 0 saturated heterocycles. The van der Waals surface area contributed by atoms with E-state index in [1.807, 2.05) is 38.0 Å². The summed E-state index contributed by atoms with van der Waals surface area (Å²) < 4.78 is 30.2. The van der Waals surface area contributed by atoms with Crippen molar-refractivity contribution in [2.45, 2.75) is 63.0 Å². The first-order valence-electron chi connectivity index (χ1n) is 14.7. The van der Waals surface area contributed by atoms with E-state index in [1.165, 1.54) is 0 Å². The van der Waals surface area contributed by atoms with Crippen LogP contribution in [0.15, 0.2) is 0 Å². The van der Waals surface area contributed by atoms with Gasteiger partial charge >= 0.3 is 23.9 Å². The van der Waals surface area contributed by atoms with Crippen LogP contribution in [0, 0.1) is 10.8 Å². The molecule has 0 aliphatic carbocycles. The van der Waals surface area contributed by atoms with E-state index in [-0.39, 0.29) is 65.7 Å². The summed E-state index contributed by atoms with van der Waals surface area (Å²) in [4.78, 5) is 54.0. The lowest BCUT2D eigenvalue weighted by Gasteiger charge is -2.30. The predicted octanol–water partition coefficient (Wildman–Crippen LogP) is 3.46. The van der Waals surface area contributed by atoms with Gasteiger partial charge in [-0.1, -0.05) is 31.9 Å². The van der Waals surface area contributed by atoms with Gasteiger partial charge in [-0.25, -0.2) is 0 Å². The average Bonchev–Trinajstić information content (AvgIpc) is 2.87. The van der Waals surface area contributed by atoms with Crippen molar-refractivity contribution >= 4 is 55.7 Å². The minimum Gasteiger partial charge on any atom is -0.463 e. The summed E-state index contributed by atoms with van der Waals surface area (Å²) in [6.07, 6.45) is 0.379. The van der Waals surface area contributed by atoms with Crippen LogP contribution in [0.1, 0.15) is 54.4 Å². The quantitative estimate of drug-likeness (QED) is 0.0655. The summed E-state index contributed by atoms with van der Waals surface area (Å²) in [5.74, 6) is -1.76. The molecule has 2 unspecified atom stereocenters. The maximum atomic E-state index is 12.6. The standard InChI is InChI=1S/C30H54Br2N2O10/c1-27(2,21-29(5,31)25(37)41-13-11-33(7)8)23(35)43-19-17-39-15-16-40-18-20-44-24(36)28(3,4)22-30(6,32)26(38)42-14-12-34(9)10/h11-22H2,1-10H3. The maximum absolute atomic E-state index is 12.6. The first kappa shape index (κ1) is 42.7. The van der Waals surface area contributed by atoms with Gasteiger partial charge in [0.05, 0.1) is 37.3 Å². The van der Waals surface area contributed by atoms with Crippen LogP contribution >= 0.6 is 31.9 Å². The lowest BCUT2D eigenvalue weighted by molar-refractivity contribution is -0.159. The fourth-order valence-electron chi connectivity index (χ4n) is 3.99. The Hall–Kier alpha value is -1.32. The molecule has 0 aromatic heterocycles. The molecule has 0 radical (unpaired) electrons. The number of hydrogen-bond donors (Lipinski definition) is 0. The number of alkyl halides is 2. The average molecular weight is 763 g/mol. The fraction of sp³-hybridized carbons (Fsp3) is 0.867. The van der Waals surface area contributed by atoms with Crippen molar-refractivity contribution < 1.29 is 47.6 Å². The van der Waals surface area contributed by atoms with Crippen molar-refractivity contribution in [3.8, 4) is 0 Å². The number of likely N-dealkylation sites (N-methyl/N-ethyl adjacent to an activating group) is 2. The van der Waals surface area contributed by atoms with Gasteiger partial charge in [0.1, 0.15) is 35.1 Å². The lowest BCUT2D eigenvalue weighted by Crippen LogP contribution is -2.40. The second-order valence-electron chi connectivity index (χ2n) is 12.9. The van der Waals surface area contributed by atoms with Gasteiger partial charge in [0.15, 0.2) is 0 Å². The lowest BCUT2D eigenvalue weighted by atomic mass is 9.83. The molecule has 14 heteroatoms. The zero-order valence-corrected chi connectivity index (χ0v) is 31.4. The minimum absolute atomic E-state index is 0.0525. The topological polar surface area (TPSA) is 130 Å². The summed E-state index contributed by atoms with van der Waals surface area (Å²) in [6, 6.07) is 0. The second kappa shape index (κ2) is 20.0. The zero-order valence-electron chi connectivity index (χ0n) is 28.2. The molecule has 0 heterocycles. The second-order valence-corrected chi connectivity index (χ2v) is 16.4. The number of rotatable bonds is 23. The highest BCUT2D eigenvalue weighted by molar-refractivity contribution is 9.10. The van der Waals surface area contributed by atoms with Crippen LogP contribution in [0.4, 0.5) is 0 Å². The molecule has 0 aliphatic heterocycles. The SMILES string of the molecule is CN(C)CCOC(=O)C(C)(Br)CC(C)(C)C(=O)OCCOCCOCCOC(=O)C(C)(C)CC(C)(Br)C(=O)OCCN(C)C. The predicted molar refractivity (Wildman–Crippen MR) is 174 cm³/mol. The summed E-state index contributed by atoms with van der Waals surface area (Å²) >= 11 is 6.82. The number of esters is 4. The van der Waals surface area contributed by atoms with Crippen molar-refractivity contribution in [2.75, 3.05) is 94.1 Å². The minimum atomic E-state index is -1.03. The van der Waals surface area contributed by atoms with E-state index in [1.54, 1.807) is 41.5 Å². The molecular weight excluding hydrogens is 708 g/mol. The molecule has 2 atom stereocenters. The molecule has 0 aromatic rings. The van der Waals surface area contributed by atoms with Gasteiger partial charge in [-0.05, 0) is 82.6 Å². The summed E-state index contributed by atoms with van der Waals surface area (Å²) in [7, 11) is 7.55. The van der Waals surface area contributed by atoms with Crippen LogP contribution < -0.4 is 0 Å². The Labute approximate surface area is 280 Å². The summed E-state index contributed by atoms with van der Waals surface area (Å²) in [5, 5.41) is 0. The van der Waals surface area contributed by atoms with Gasteiger partial charge in [0.2, 0.25) is 0 Å². The van der Waals surface area contributed by atoms with Crippen LogP contribution in [0.25, 0.3) is 0 Å². The Morgan fingerprint density at radius 2 is 0.750 bits per heavy atom. The number of ether oxygens (including phenoxy) is 6.